The minimum atomic E-state index is -0.496. The minimum absolute atomic E-state index is 0.311. The number of hydrogen-bond donors (Lipinski definition) is 1. The van der Waals surface area contributed by atoms with Gasteiger partial charge in [0.2, 0.25) is 11.7 Å². The van der Waals surface area contributed by atoms with Crippen LogP contribution in [0.15, 0.2) is 59.1 Å². The van der Waals surface area contributed by atoms with E-state index in [1.165, 1.54) is 12.1 Å². The first-order valence-electron chi connectivity index (χ1n) is 7.68. The second-order valence-electron chi connectivity index (χ2n) is 5.58. The fraction of sp³-hybridized carbons (Fsp3) is 0.222. The third kappa shape index (κ3) is 3.97. The molecule has 6 heteroatoms. The molecule has 1 atom stereocenters. The molecule has 0 saturated heterocycles. The fourth-order valence-electron chi connectivity index (χ4n) is 2.42. The van der Waals surface area contributed by atoms with Gasteiger partial charge in [0.05, 0.1) is 12.6 Å². The molecule has 0 spiro atoms. The first-order valence-corrected chi connectivity index (χ1v) is 7.68. The van der Waals surface area contributed by atoms with Crippen molar-refractivity contribution in [1.82, 2.24) is 10.1 Å². The van der Waals surface area contributed by atoms with Crippen molar-refractivity contribution in [3.8, 4) is 11.4 Å². The summed E-state index contributed by atoms with van der Waals surface area (Å²) in [4.78, 5) is 6.32. The molecule has 3 rings (SSSR count). The van der Waals surface area contributed by atoms with Gasteiger partial charge in [-0.1, -0.05) is 23.4 Å². The highest BCUT2D eigenvalue weighted by Crippen LogP contribution is 2.20. The number of aromatic nitrogens is 2. The molecule has 1 N–H and O–H groups in total. The maximum absolute atomic E-state index is 13.0. The van der Waals surface area contributed by atoms with E-state index in [1.54, 1.807) is 19.1 Å². The molecular formula is C18H18FN3O2. The van der Waals surface area contributed by atoms with Gasteiger partial charge in [0.25, 0.3) is 0 Å². The molecule has 0 aliphatic heterocycles. The monoisotopic (exact) mass is 327 g/mol. The zero-order valence-electron chi connectivity index (χ0n) is 13.3. The molecule has 2 aromatic carbocycles. The van der Waals surface area contributed by atoms with Crippen LogP contribution in [0.5, 0.6) is 0 Å². The molecule has 0 amide bonds. The quantitative estimate of drug-likeness (QED) is 0.753. The van der Waals surface area contributed by atoms with Gasteiger partial charge in [-0.15, -0.1) is 0 Å². The van der Waals surface area contributed by atoms with Crippen molar-refractivity contribution in [3.63, 3.8) is 0 Å². The van der Waals surface area contributed by atoms with E-state index in [4.69, 9.17) is 4.52 Å². The van der Waals surface area contributed by atoms with E-state index >= 15 is 0 Å². The number of anilines is 1. The summed E-state index contributed by atoms with van der Waals surface area (Å²) in [5, 5.41) is 13.7. The van der Waals surface area contributed by atoms with Crippen LogP contribution in [0, 0.1) is 5.82 Å². The summed E-state index contributed by atoms with van der Waals surface area (Å²) < 4.78 is 18.3. The number of benzene rings is 2. The van der Waals surface area contributed by atoms with Gasteiger partial charge >= 0.3 is 0 Å². The van der Waals surface area contributed by atoms with Gasteiger partial charge in [-0.3, -0.25) is 0 Å². The van der Waals surface area contributed by atoms with Crippen LogP contribution in [0.1, 0.15) is 12.8 Å². The lowest BCUT2D eigenvalue weighted by Gasteiger charge is -2.24. The predicted octanol–water partition coefficient (Wildman–Crippen LogP) is 3.26. The smallest absolute Gasteiger partial charge is 0.246 e. The standard InChI is InChI=1S/C18H18FN3O2/c1-13(23)11-22(16-5-3-2-4-6-16)12-17-20-18(21-24-17)14-7-9-15(19)10-8-14/h2-10,13,23H,11-12H2,1H3. The van der Waals surface area contributed by atoms with Gasteiger partial charge < -0.3 is 14.5 Å². The normalized spacial score (nSPS) is 12.1. The molecule has 24 heavy (non-hydrogen) atoms. The second kappa shape index (κ2) is 7.23. The summed E-state index contributed by atoms with van der Waals surface area (Å²) in [7, 11) is 0. The average Bonchev–Trinajstić information content (AvgIpc) is 3.04. The van der Waals surface area contributed by atoms with Crippen molar-refractivity contribution in [2.75, 3.05) is 11.4 Å². The van der Waals surface area contributed by atoms with Gasteiger partial charge in [-0.05, 0) is 43.3 Å². The lowest BCUT2D eigenvalue weighted by Crippen LogP contribution is -2.30. The molecule has 0 fully saturated rings. The van der Waals surface area contributed by atoms with Crippen molar-refractivity contribution in [2.45, 2.75) is 19.6 Å². The highest BCUT2D eigenvalue weighted by atomic mass is 19.1. The summed E-state index contributed by atoms with van der Waals surface area (Å²) in [5.41, 5.74) is 1.65. The van der Waals surface area contributed by atoms with Crippen LogP contribution in [0.3, 0.4) is 0 Å². The molecule has 3 aromatic rings. The molecule has 124 valence electrons. The lowest BCUT2D eigenvalue weighted by atomic mass is 10.2. The molecule has 0 aliphatic carbocycles. The molecule has 0 aliphatic rings. The fourth-order valence-corrected chi connectivity index (χ4v) is 2.42. The molecule has 1 unspecified atom stereocenters. The maximum Gasteiger partial charge on any atom is 0.246 e. The summed E-state index contributed by atoms with van der Waals surface area (Å²) >= 11 is 0. The first kappa shape index (κ1) is 16.1. The molecule has 5 nitrogen and oxygen atoms in total. The van der Waals surface area contributed by atoms with Crippen LogP contribution in [0.25, 0.3) is 11.4 Å². The summed E-state index contributed by atoms with van der Waals surface area (Å²) in [5.74, 6) is 0.531. The number of hydrogen-bond acceptors (Lipinski definition) is 5. The average molecular weight is 327 g/mol. The summed E-state index contributed by atoms with van der Waals surface area (Å²) in [6.45, 7) is 2.55. The molecule has 1 aromatic heterocycles. The van der Waals surface area contributed by atoms with E-state index in [1.807, 2.05) is 35.2 Å². The minimum Gasteiger partial charge on any atom is -0.392 e. The van der Waals surface area contributed by atoms with E-state index < -0.39 is 6.10 Å². The van der Waals surface area contributed by atoms with Crippen LogP contribution < -0.4 is 4.90 Å². The van der Waals surface area contributed by atoms with E-state index in [0.717, 1.165) is 5.69 Å². The Labute approximate surface area is 139 Å². The maximum atomic E-state index is 13.0. The highest BCUT2D eigenvalue weighted by Gasteiger charge is 2.15. The van der Waals surface area contributed by atoms with Crippen LogP contribution in [0.2, 0.25) is 0 Å². The van der Waals surface area contributed by atoms with Gasteiger partial charge in [-0.25, -0.2) is 4.39 Å². The third-order valence-corrected chi connectivity index (χ3v) is 3.50. The van der Waals surface area contributed by atoms with Crippen LogP contribution in [0.4, 0.5) is 10.1 Å². The third-order valence-electron chi connectivity index (χ3n) is 3.50. The Bertz CT molecular complexity index is 772. The summed E-state index contributed by atoms with van der Waals surface area (Å²) in [6, 6.07) is 15.6. The van der Waals surface area contributed by atoms with E-state index in [2.05, 4.69) is 10.1 Å². The summed E-state index contributed by atoms with van der Waals surface area (Å²) in [6.07, 6.45) is -0.496. The number of para-hydroxylation sites is 1. The lowest BCUT2D eigenvalue weighted by molar-refractivity contribution is 0.198. The van der Waals surface area contributed by atoms with Gasteiger partial charge in [0.1, 0.15) is 5.82 Å². The molecule has 1 heterocycles. The van der Waals surface area contributed by atoms with Crippen molar-refractivity contribution in [2.24, 2.45) is 0 Å². The Morgan fingerprint density at radius 1 is 1.12 bits per heavy atom. The van der Waals surface area contributed by atoms with E-state index in [9.17, 15) is 9.50 Å². The Hall–Kier alpha value is -2.73. The second-order valence-corrected chi connectivity index (χ2v) is 5.58. The zero-order valence-corrected chi connectivity index (χ0v) is 13.3. The number of aliphatic hydroxyl groups excluding tert-OH is 1. The number of aliphatic hydroxyl groups is 1. The van der Waals surface area contributed by atoms with Crippen LogP contribution in [-0.4, -0.2) is 27.9 Å². The van der Waals surface area contributed by atoms with Crippen LogP contribution in [-0.2, 0) is 6.54 Å². The Kier molecular flexibility index (Phi) is 4.86. The van der Waals surface area contributed by atoms with Gasteiger partial charge in [0, 0.05) is 17.8 Å². The Morgan fingerprint density at radius 3 is 2.50 bits per heavy atom. The topological polar surface area (TPSA) is 62.4 Å². The molecule has 0 saturated carbocycles. The van der Waals surface area contributed by atoms with Crippen molar-refractivity contribution < 1.29 is 14.0 Å². The zero-order chi connectivity index (χ0) is 16.9. The van der Waals surface area contributed by atoms with E-state index in [-0.39, 0.29) is 5.82 Å². The van der Waals surface area contributed by atoms with Gasteiger partial charge in [0.15, 0.2) is 0 Å². The Morgan fingerprint density at radius 2 is 1.83 bits per heavy atom. The number of nitrogens with zero attached hydrogens (tertiary/aromatic N) is 3. The Balaban J connectivity index is 1.79. The van der Waals surface area contributed by atoms with Crippen molar-refractivity contribution >= 4 is 5.69 Å². The molecule has 0 bridgehead atoms. The number of rotatable bonds is 6. The largest absolute Gasteiger partial charge is 0.392 e. The van der Waals surface area contributed by atoms with E-state index in [0.29, 0.717) is 30.4 Å². The van der Waals surface area contributed by atoms with Crippen molar-refractivity contribution in [3.05, 3.63) is 66.3 Å². The van der Waals surface area contributed by atoms with Crippen molar-refractivity contribution in [1.29, 1.82) is 0 Å². The number of halogens is 1. The van der Waals surface area contributed by atoms with Crippen LogP contribution >= 0.6 is 0 Å². The van der Waals surface area contributed by atoms with Gasteiger partial charge in [-0.2, -0.15) is 4.98 Å². The molecule has 0 radical (unpaired) electrons. The highest BCUT2D eigenvalue weighted by molar-refractivity contribution is 5.54. The molecular weight excluding hydrogens is 309 g/mol. The first-order chi connectivity index (χ1) is 11.6. The predicted molar refractivity (Wildman–Crippen MR) is 88.9 cm³/mol. The SMILES string of the molecule is CC(O)CN(Cc1nc(-c2ccc(F)cc2)no1)c1ccccc1.